The van der Waals surface area contributed by atoms with Gasteiger partial charge in [0.1, 0.15) is 0 Å². The van der Waals surface area contributed by atoms with Gasteiger partial charge in [0.25, 0.3) is 0 Å². The van der Waals surface area contributed by atoms with Crippen LogP contribution >= 0.6 is 11.3 Å². The highest BCUT2D eigenvalue weighted by atomic mass is 32.1. The molecule has 3 rings (SSSR count). The van der Waals surface area contributed by atoms with Crippen LogP contribution in [0.5, 0.6) is 0 Å². The average Bonchev–Trinajstić information content (AvgIpc) is 3.10. The van der Waals surface area contributed by atoms with Gasteiger partial charge in [-0.25, -0.2) is 0 Å². The monoisotopic (exact) mass is 343 g/mol. The molecule has 0 saturated carbocycles. The minimum Gasteiger partial charge on any atom is -0.394 e. The van der Waals surface area contributed by atoms with Crippen LogP contribution in [0.25, 0.3) is 16.5 Å². The molecule has 2 heterocycles. The molecule has 1 aliphatic heterocycles. The van der Waals surface area contributed by atoms with Crippen LogP contribution in [0.3, 0.4) is 0 Å². The number of morpholine rings is 1. The van der Waals surface area contributed by atoms with Gasteiger partial charge in [-0.1, -0.05) is 30.3 Å². The number of hydrogen-bond acceptors (Lipinski definition) is 4. The summed E-state index contributed by atoms with van der Waals surface area (Å²) in [4.78, 5) is 16.4. The van der Waals surface area contributed by atoms with Crippen molar-refractivity contribution in [3.63, 3.8) is 0 Å². The van der Waals surface area contributed by atoms with Crippen molar-refractivity contribution >= 4 is 23.3 Å². The second kappa shape index (κ2) is 7.75. The van der Waals surface area contributed by atoms with Gasteiger partial charge in [-0.3, -0.25) is 4.79 Å². The van der Waals surface area contributed by atoms with E-state index in [-0.39, 0.29) is 24.7 Å². The van der Waals surface area contributed by atoms with Crippen molar-refractivity contribution in [3.05, 3.63) is 53.4 Å². The molecule has 0 spiro atoms. The molecule has 24 heavy (non-hydrogen) atoms. The Morgan fingerprint density at radius 2 is 2.12 bits per heavy atom. The van der Waals surface area contributed by atoms with E-state index in [4.69, 9.17) is 4.74 Å². The molecular weight excluding hydrogens is 322 g/mol. The van der Waals surface area contributed by atoms with Gasteiger partial charge in [-0.15, -0.1) is 11.3 Å². The number of benzene rings is 1. The number of carbonyl (C=O) groups is 1. The quantitative estimate of drug-likeness (QED) is 0.868. The third-order valence-electron chi connectivity index (χ3n) is 4.07. The molecule has 1 aromatic heterocycles. The molecule has 1 aromatic carbocycles. The number of aliphatic hydroxyl groups is 1. The van der Waals surface area contributed by atoms with Crippen LogP contribution in [0.4, 0.5) is 0 Å². The van der Waals surface area contributed by atoms with Gasteiger partial charge in [0.05, 0.1) is 25.4 Å². The first-order valence-electron chi connectivity index (χ1n) is 8.04. The second-order valence-corrected chi connectivity index (χ2v) is 6.99. The summed E-state index contributed by atoms with van der Waals surface area (Å²) >= 11 is 1.66. The van der Waals surface area contributed by atoms with Crippen molar-refractivity contribution < 1.29 is 14.6 Å². The van der Waals surface area contributed by atoms with E-state index in [1.54, 1.807) is 22.3 Å². The van der Waals surface area contributed by atoms with Crippen molar-refractivity contribution in [1.29, 1.82) is 0 Å². The van der Waals surface area contributed by atoms with Gasteiger partial charge < -0.3 is 14.7 Å². The molecular formula is C19H21NO3S. The Balaban J connectivity index is 1.67. The molecule has 0 bridgehead atoms. The fourth-order valence-electron chi connectivity index (χ4n) is 2.68. The Bertz CT molecular complexity index is 710. The minimum atomic E-state index is -0.287. The van der Waals surface area contributed by atoms with Crippen LogP contribution in [-0.2, 0) is 9.53 Å². The first-order chi connectivity index (χ1) is 11.7. The highest BCUT2D eigenvalue weighted by Crippen LogP contribution is 2.28. The molecule has 0 aliphatic carbocycles. The first-order valence-corrected chi connectivity index (χ1v) is 8.85. The van der Waals surface area contributed by atoms with E-state index in [1.165, 1.54) is 10.4 Å². The fraction of sp³-hybridized carbons (Fsp3) is 0.316. The molecule has 0 radical (unpaired) electrons. The van der Waals surface area contributed by atoms with E-state index in [1.807, 2.05) is 37.3 Å². The molecule has 2 aromatic rings. The van der Waals surface area contributed by atoms with Gasteiger partial charge in [-0.05, 0) is 30.7 Å². The predicted molar refractivity (Wildman–Crippen MR) is 96.8 cm³/mol. The van der Waals surface area contributed by atoms with Gasteiger partial charge in [0, 0.05) is 22.4 Å². The summed E-state index contributed by atoms with van der Waals surface area (Å²) in [7, 11) is 0. The van der Waals surface area contributed by atoms with Crippen molar-refractivity contribution in [3.8, 4) is 10.4 Å². The lowest BCUT2D eigenvalue weighted by atomic mass is 10.2. The van der Waals surface area contributed by atoms with Crippen LogP contribution in [0.2, 0.25) is 0 Å². The molecule has 1 amide bonds. The van der Waals surface area contributed by atoms with Crippen molar-refractivity contribution in [2.45, 2.75) is 19.1 Å². The highest BCUT2D eigenvalue weighted by molar-refractivity contribution is 7.16. The molecule has 126 valence electrons. The molecule has 2 unspecified atom stereocenters. The average molecular weight is 343 g/mol. The lowest BCUT2D eigenvalue weighted by Gasteiger charge is -2.36. The molecule has 1 fully saturated rings. The number of hydrogen-bond donors (Lipinski definition) is 1. The van der Waals surface area contributed by atoms with Gasteiger partial charge in [-0.2, -0.15) is 0 Å². The molecule has 1 aliphatic rings. The number of rotatable bonds is 4. The number of carbonyl (C=O) groups excluding carboxylic acids is 1. The summed E-state index contributed by atoms with van der Waals surface area (Å²) in [6, 6.07) is 14.3. The standard InChI is InChI=1S/C19H21NO3S/c1-14-13-23-16(12-21)11-20(14)19(22)10-8-17-7-9-18(24-17)15-5-3-2-4-6-15/h2-10,14,16,21H,11-13H2,1H3/b10-8+. The lowest BCUT2D eigenvalue weighted by Crippen LogP contribution is -2.51. The smallest absolute Gasteiger partial charge is 0.247 e. The van der Waals surface area contributed by atoms with Gasteiger partial charge in [0.2, 0.25) is 5.91 Å². The zero-order valence-corrected chi connectivity index (χ0v) is 14.4. The van der Waals surface area contributed by atoms with Crippen LogP contribution < -0.4 is 0 Å². The van der Waals surface area contributed by atoms with E-state index < -0.39 is 0 Å². The molecule has 5 heteroatoms. The third-order valence-corrected chi connectivity index (χ3v) is 5.17. The summed E-state index contributed by atoms with van der Waals surface area (Å²) in [6.07, 6.45) is 3.18. The maximum atomic E-state index is 12.4. The number of aliphatic hydroxyl groups excluding tert-OH is 1. The molecule has 1 saturated heterocycles. The zero-order chi connectivity index (χ0) is 16.9. The van der Waals surface area contributed by atoms with Gasteiger partial charge >= 0.3 is 0 Å². The van der Waals surface area contributed by atoms with Gasteiger partial charge in [0.15, 0.2) is 0 Å². The number of amides is 1. The van der Waals surface area contributed by atoms with Crippen molar-refractivity contribution in [2.24, 2.45) is 0 Å². The summed E-state index contributed by atoms with van der Waals surface area (Å²) in [5.74, 6) is -0.0427. The van der Waals surface area contributed by atoms with Crippen LogP contribution in [-0.4, -0.2) is 47.8 Å². The maximum absolute atomic E-state index is 12.4. The Hall–Kier alpha value is -1.95. The van der Waals surface area contributed by atoms with Crippen LogP contribution in [0, 0.1) is 0 Å². The summed E-state index contributed by atoms with van der Waals surface area (Å²) in [6.45, 7) is 2.78. The van der Waals surface area contributed by atoms with E-state index >= 15 is 0 Å². The SMILES string of the molecule is CC1COC(CO)CN1C(=O)/C=C/c1ccc(-c2ccccc2)s1. The minimum absolute atomic E-state index is 0.0214. The summed E-state index contributed by atoms with van der Waals surface area (Å²) < 4.78 is 5.47. The largest absolute Gasteiger partial charge is 0.394 e. The van der Waals surface area contributed by atoms with Crippen LogP contribution in [0.15, 0.2) is 48.5 Å². The van der Waals surface area contributed by atoms with E-state index in [2.05, 4.69) is 18.2 Å². The van der Waals surface area contributed by atoms with E-state index in [0.29, 0.717) is 13.2 Å². The first kappa shape index (κ1) is 16.9. The fourth-order valence-corrected chi connectivity index (χ4v) is 3.60. The molecule has 4 nitrogen and oxygen atoms in total. The maximum Gasteiger partial charge on any atom is 0.247 e. The Labute approximate surface area is 146 Å². The number of thiophene rings is 1. The lowest BCUT2D eigenvalue weighted by molar-refractivity contribution is -0.140. The highest BCUT2D eigenvalue weighted by Gasteiger charge is 2.27. The third kappa shape index (κ3) is 3.93. The number of ether oxygens (including phenoxy) is 1. The molecule has 1 N–H and O–H groups in total. The summed E-state index contributed by atoms with van der Waals surface area (Å²) in [5, 5.41) is 9.22. The Morgan fingerprint density at radius 1 is 1.33 bits per heavy atom. The molecule has 2 atom stereocenters. The summed E-state index contributed by atoms with van der Waals surface area (Å²) in [5.41, 5.74) is 1.18. The van der Waals surface area contributed by atoms with Crippen LogP contribution in [0.1, 0.15) is 11.8 Å². The van der Waals surface area contributed by atoms with E-state index in [0.717, 1.165) is 4.88 Å². The predicted octanol–water partition coefficient (Wildman–Crippen LogP) is 3.04. The second-order valence-electron chi connectivity index (χ2n) is 5.88. The Morgan fingerprint density at radius 3 is 2.88 bits per heavy atom. The van der Waals surface area contributed by atoms with Crippen molar-refractivity contribution in [1.82, 2.24) is 4.90 Å². The van der Waals surface area contributed by atoms with E-state index in [9.17, 15) is 9.90 Å². The topological polar surface area (TPSA) is 49.8 Å². The zero-order valence-electron chi connectivity index (χ0n) is 13.6. The van der Waals surface area contributed by atoms with Crippen molar-refractivity contribution in [2.75, 3.05) is 19.8 Å². The number of nitrogens with zero attached hydrogens (tertiary/aromatic N) is 1. The Kier molecular flexibility index (Phi) is 5.45. The normalized spacial score (nSPS) is 21.3.